The summed E-state index contributed by atoms with van der Waals surface area (Å²) in [6.07, 6.45) is 0. The van der Waals surface area contributed by atoms with Crippen LogP contribution in [0.5, 0.6) is 0 Å². The first-order valence-electron chi connectivity index (χ1n) is 6.90. The topological polar surface area (TPSA) is 64.7 Å². The Labute approximate surface area is 125 Å². The van der Waals surface area contributed by atoms with Crippen LogP contribution in [0.2, 0.25) is 0 Å². The second kappa shape index (κ2) is 6.35. The third kappa shape index (κ3) is 3.19. The Kier molecular flexibility index (Phi) is 4.53. The second-order valence-electron chi connectivity index (χ2n) is 4.40. The molecule has 0 aliphatic rings. The predicted molar refractivity (Wildman–Crippen MR) is 88.7 cm³/mol. The number of rotatable bonds is 1. The van der Waals surface area contributed by atoms with Gasteiger partial charge in [0.25, 0.3) is 0 Å². The average molecular weight is 276 g/mol. The second-order valence-corrected chi connectivity index (χ2v) is 4.40. The molecule has 0 bridgehead atoms. The molecule has 3 rings (SSSR count). The molecule has 0 spiro atoms. The number of fused-ring (bicyclic) bond motifs is 1. The maximum Gasteiger partial charge on any atom is 0.170 e. The van der Waals surface area contributed by atoms with E-state index in [1.807, 2.05) is 51.1 Å². The smallest absolute Gasteiger partial charge is 0.170 e. The predicted octanol–water partition coefficient (Wildman–Crippen LogP) is 2.40. The van der Waals surface area contributed by atoms with Crippen LogP contribution in [0.25, 0.3) is 22.3 Å². The minimum absolute atomic E-state index is 0.162. The van der Waals surface area contributed by atoms with Gasteiger partial charge in [-0.15, -0.1) is 0 Å². The molecular formula is C16H17BN4. The molecule has 3 aromatic rings. The average Bonchev–Trinajstić information content (AvgIpc) is 2.49. The fourth-order valence-corrected chi connectivity index (χ4v) is 2.02. The van der Waals surface area contributed by atoms with Crippen molar-refractivity contribution in [1.82, 2.24) is 15.0 Å². The van der Waals surface area contributed by atoms with E-state index in [1.54, 1.807) is 0 Å². The Morgan fingerprint density at radius 2 is 1.76 bits per heavy atom. The van der Waals surface area contributed by atoms with Crippen LogP contribution in [0.15, 0.2) is 36.4 Å². The molecule has 21 heavy (non-hydrogen) atoms. The number of nitrogens with zero attached hydrogens (tertiary/aromatic N) is 3. The molecule has 0 saturated carbocycles. The largest absolute Gasteiger partial charge is 0.382 e. The summed E-state index contributed by atoms with van der Waals surface area (Å²) in [6.45, 7) is 6.04. The number of benzene rings is 1. The zero-order valence-corrected chi connectivity index (χ0v) is 12.5. The van der Waals surface area contributed by atoms with Crippen LogP contribution in [0.4, 0.5) is 5.82 Å². The first-order chi connectivity index (χ1) is 10.1. The van der Waals surface area contributed by atoms with Crippen molar-refractivity contribution in [3.63, 3.8) is 0 Å². The van der Waals surface area contributed by atoms with Gasteiger partial charge in [0.1, 0.15) is 5.52 Å². The van der Waals surface area contributed by atoms with E-state index >= 15 is 0 Å². The fourth-order valence-electron chi connectivity index (χ4n) is 2.02. The molecule has 1 aromatic carbocycles. The van der Waals surface area contributed by atoms with E-state index < -0.39 is 0 Å². The summed E-state index contributed by atoms with van der Waals surface area (Å²) in [5, 5.41) is 0. The van der Waals surface area contributed by atoms with E-state index in [0.29, 0.717) is 16.9 Å². The highest BCUT2D eigenvalue weighted by Gasteiger charge is 2.06. The lowest BCUT2D eigenvalue weighted by Gasteiger charge is -2.06. The quantitative estimate of drug-likeness (QED) is 0.693. The van der Waals surface area contributed by atoms with Gasteiger partial charge < -0.3 is 5.73 Å². The van der Waals surface area contributed by atoms with Crippen molar-refractivity contribution >= 4 is 30.4 Å². The summed E-state index contributed by atoms with van der Waals surface area (Å²) in [5.74, 6) is 0.303. The van der Waals surface area contributed by atoms with Gasteiger partial charge >= 0.3 is 0 Å². The number of anilines is 1. The Morgan fingerprint density at radius 1 is 1.00 bits per heavy atom. The number of nitrogen functional groups attached to an aromatic ring is 1. The number of nitrogens with two attached hydrogens (primary N) is 1. The van der Waals surface area contributed by atoms with Gasteiger partial charge in [-0.25, -0.2) is 15.0 Å². The molecule has 2 radical (unpaired) electrons. The molecular weight excluding hydrogens is 259 g/mol. The number of pyridine rings is 1. The molecule has 2 aromatic heterocycles. The zero-order valence-electron chi connectivity index (χ0n) is 12.5. The molecule has 0 amide bonds. The van der Waals surface area contributed by atoms with Gasteiger partial charge in [-0.2, -0.15) is 0 Å². The van der Waals surface area contributed by atoms with Crippen molar-refractivity contribution in [2.75, 3.05) is 5.73 Å². The number of aromatic nitrogens is 3. The third-order valence-corrected chi connectivity index (χ3v) is 2.90. The third-order valence-electron chi connectivity index (χ3n) is 2.90. The zero-order chi connectivity index (χ0) is 15.4. The highest BCUT2D eigenvalue weighted by molar-refractivity contribution is 6.29. The van der Waals surface area contributed by atoms with E-state index in [4.69, 9.17) is 13.6 Å². The van der Waals surface area contributed by atoms with E-state index in [0.717, 1.165) is 11.3 Å². The molecule has 0 fully saturated rings. The standard InChI is InChI=1S/C14H11BN4.C2H6/c1-8-3-2-4-9(7-8)10-5-6-11-12(17-10)13(16)19-14(15)18-11;1-2/h2-7H,1H3,(H2,16,18,19);1-2H3. The summed E-state index contributed by atoms with van der Waals surface area (Å²) in [5.41, 5.74) is 10.3. The summed E-state index contributed by atoms with van der Waals surface area (Å²) in [7, 11) is 5.56. The van der Waals surface area contributed by atoms with Crippen LogP contribution in [0, 0.1) is 6.92 Å². The van der Waals surface area contributed by atoms with E-state index in [-0.39, 0.29) is 5.72 Å². The minimum atomic E-state index is 0.162. The molecule has 0 saturated heterocycles. The molecule has 5 heteroatoms. The van der Waals surface area contributed by atoms with Gasteiger partial charge in [0, 0.05) is 5.56 Å². The molecule has 4 nitrogen and oxygen atoms in total. The Balaban J connectivity index is 0.000000774. The Morgan fingerprint density at radius 3 is 2.48 bits per heavy atom. The van der Waals surface area contributed by atoms with E-state index in [1.165, 1.54) is 5.56 Å². The van der Waals surface area contributed by atoms with Gasteiger partial charge in [-0.05, 0) is 25.1 Å². The highest BCUT2D eigenvalue weighted by Crippen LogP contribution is 2.22. The summed E-state index contributed by atoms with van der Waals surface area (Å²) in [4.78, 5) is 12.6. The van der Waals surface area contributed by atoms with Crippen LogP contribution in [0.3, 0.4) is 0 Å². The molecule has 2 N–H and O–H groups in total. The van der Waals surface area contributed by atoms with Crippen molar-refractivity contribution < 1.29 is 0 Å². The molecule has 0 atom stereocenters. The lowest BCUT2D eigenvalue weighted by molar-refractivity contribution is 1.26. The molecule has 2 heterocycles. The van der Waals surface area contributed by atoms with E-state index in [2.05, 4.69) is 21.0 Å². The van der Waals surface area contributed by atoms with Crippen molar-refractivity contribution in [2.45, 2.75) is 20.8 Å². The number of hydrogen-bond donors (Lipinski definition) is 1. The van der Waals surface area contributed by atoms with Crippen LogP contribution in [-0.2, 0) is 0 Å². The van der Waals surface area contributed by atoms with Gasteiger partial charge in [0.05, 0.1) is 16.9 Å². The monoisotopic (exact) mass is 276 g/mol. The van der Waals surface area contributed by atoms with Crippen LogP contribution in [-0.4, -0.2) is 22.8 Å². The SMILES string of the molecule is CC.[B]c1nc(N)c2nc(-c3cccc(C)c3)ccc2n1. The maximum atomic E-state index is 5.84. The van der Waals surface area contributed by atoms with Crippen LogP contribution < -0.4 is 11.5 Å². The Hall–Kier alpha value is -2.43. The van der Waals surface area contributed by atoms with Crippen molar-refractivity contribution in [3.05, 3.63) is 42.0 Å². The summed E-state index contributed by atoms with van der Waals surface area (Å²) >= 11 is 0. The lowest BCUT2D eigenvalue weighted by atomic mass is 10.1. The molecule has 0 aliphatic carbocycles. The van der Waals surface area contributed by atoms with Gasteiger partial charge in [0.15, 0.2) is 13.7 Å². The first-order valence-corrected chi connectivity index (χ1v) is 6.90. The fraction of sp³-hybridized carbons (Fsp3) is 0.188. The Bertz CT molecular complexity index is 771. The summed E-state index contributed by atoms with van der Waals surface area (Å²) in [6, 6.07) is 11.9. The van der Waals surface area contributed by atoms with Gasteiger partial charge in [-0.3, -0.25) is 0 Å². The molecule has 104 valence electrons. The van der Waals surface area contributed by atoms with Crippen molar-refractivity contribution in [2.24, 2.45) is 0 Å². The first kappa shape index (κ1) is 15.0. The number of hydrogen-bond acceptors (Lipinski definition) is 4. The molecule has 0 unspecified atom stereocenters. The lowest BCUT2D eigenvalue weighted by Crippen LogP contribution is -2.15. The number of aryl methyl sites for hydroxylation is 1. The van der Waals surface area contributed by atoms with Crippen LogP contribution in [0.1, 0.15) is 19.4 Å². The highest BCUT2D eigenvalue weighted by atomic mass is 15.0. The van der Waals surface area contributed by atoms with Crippen molar-refractivity contribution in [3.8, 4) is 11.3 Å². The van der Waals surface area contributed by atoms with Crippen LogP contribution >= 0.6 is 0 Å². The van der Waals surface area contributed by atoms with Crippen molar-refractivity contribution in [1.29, 1.82) is 0 Å². The van der Waals surface area contributed by atoms with Gasteiger partial charge in [0.2, 0.25) is 0 Å². The minimum Gasteiger partial charge on any atom is -0.382 e. The van der Waals surface area contributed by atoms with E-state index in [9.17, 15) is 0 Å². The normalized spacial score (nSPS) is 10.0. The summed E-state index contributed by atoms with van der Waals surface area (Å²) < 4.78 is 0. The maximum absolute atomic E-state index is 5.84. The van der Waals surface area contributed by atoms with Gasteiger partial charge in [-0.1, -0.05) is 37.6 Å². The molecule has 0 aliphatic heterocycles.